The Balaban J connectivity index is 1.45. The second-order valence-electron chi connectivity index (χ2n) is 8.23. The van der Waals surface area contributed by atoms with Crippen molar-refractivity contribution in [2.24, 2.45) is 11.8 Å². The molecule has 1 aliphatic carbocycles. The molecular weight excluding hydrogens is 384 g/mol. The number of rotatable bonds is 6. The fraction of sp³-hybridized carbons (Fsp3) is 0.522. The summed E-state index contributed by atoms with van der Waals surface area (Å²) in [5, 5.41) is 2.86. The molecule has 30 heavy (non-hydrogen) atoms. The molecule has 2 heterocycles. The zero-order valence-electron chi connectivity index (χ0n) is 17.6. The van der Waals surface area contributed by atoms with Crippen LogP contribution in [0, 0.1) is 11.8 Å². The fourth-order valence-corrected chi connectivity index (χ4v) is 4.56. The van der Waals surface area contributed by atoms with Crippen LogP contribution in [0.3, 0.4) is 0 Å². The molecule has 3 amide bonds. The molecule has 7 heteroatoms. The van der Waals surface area contributed by atoms with Crippen LogP contribution >= 0.6 is 0 Å². The van der Waals surface area contributed by atoms with Crippen LogP contribution in [0.5, 0.6) is 11.5 Å². The molecule has 1 aromatic rings. The number of carbonyl (C=O) groups excluding carboxylic acids is 3. The van der Waals surface area contributed by atoms with Gasteiger partial charge in [-0.3, -0.25) is 19.3 Å². The lowest BCUT2D eigenvalue weighted by molar-refractivity contribution is -0.147. The summed E-state index contributed by atoms with van der Waals surface area (Å²) in [6, 6.07) is 3.02. The Morgan fingerprint density at radius 1 is 1.23 bits per heavy atom. The predicted molar refractivity (Wildman–Crippen MR) is 110 cm³/mol. The molecule has 3 unspecified atom stereocenters. The molecule has 0 spiro atoms. The smallest absolute Gasteiger partial charge is 0.243 e. The summed E-state index contributed by atoms with van der Waals surface area (Å²) in [5.74, 6) is 0.00717. The number of imide groups is 1. The molecule has 1 saturated heterocycles. The average molecular weight is 412 g/mol. The van der Waals surface area contributed by atoms with E-state index in [1.165, 1.54) is 0 Å². The van der Waals surface area contributed by atoms with E-state index in [4.69, 9.17) is 9.47 Å². The van der Waals surface area contributed by atoms with Crippen molar-refractivity contribution in [3.63, 3.8) is 0 Å². The molecule has 3 aliphatic rings. The van der Waals surface area contributed by atoms with E-state index in [0.717, 1.165) is 28.2 Å². The predicted octanol–water partition coefficient (Wildman–Crippen LogP) is 2.36. The van der Waals surface area contributed by atoms with Crippen LogP contribution in [-0.4, -0.2) is 41.4 Å². The van der Waals surface area contributed by atoms with Gasteiger partial charge in [0.05, 0.1) is 18.4 Å². The number of nitrogens with one attached hydrogen (secondary N) is 1. The highest BCUT2D eigenvalue weighted by atomic mass is 16.5. The van der Waals surface area contributed by atoms with Crippen LogP contribution in [-0.2, 0) is 27.3 Å². The lowest BCUT2D eigenvalue weighted by Gasteiger charge is -2.22. The summed E-state index contributed by atoms with van der Waals surface area (Å²) in [6.07, 6.45) is 5.94. The van der Waals surface area contributed by atoms with E-state index in [2.05, 4.69) is 5.32 Å². The molecule has 7 nitrogen and oxygen atoms in total. The van der Waals surface area contributed by atoms with Gasteiger partial charge in [0.25, 0.3) is 0 Å². The molecule has 2 aliphatic heterocycles. The highest BCUT2D eigenvalue weighted by Gasteiger charge is 2.50. The van der Waals surface area contributed by atoms with E-state index in [1.54, 1.807) is 6.92 Å². The van der Waals surface area contributed by atoms with Gasteiger partial charge in [-0.2, -0.15) is 0 Å². The highest BCUT2D eigenvalue weighted by molar-refractivity contribution is 6.08. The minimum absolute atomic E-state index is 0.115. The Kier molecular flexibility index (Phi) is 5.54. The van der Waals surface area contributed by atoms with Gasteiger partial charge in [-0.15, -0.1) is 0 Å². The van der Waals surface area contributed by atoms with Crippen molar-refractivity contribution in [3.05, 3.63) is 35.4 Å². The molecule has 0 saturated carbocycles. The quantitative estimate of drug-likeness (QED) is 0.573. The molecule has 1 N–H and O–H groups in total. The van der Waals surface area contributed by atoms with Gasteiger partial charge in [-0.05, 0) is 45.7 Å². The van der Waals surface area contributed by atoms with Gasteiger partial charge in [-0.25, -0.2) is 0 Å². The minimum Gasteiger partial charge on any atom is -0.494 e. The number of carbonyl (C=O) groups is 3. The first-order valence-electron chi connectivity index (χ1n) is 10.7. The van der Waals surface area contributed by atoms with Gasteiger partial charge in [0.15, 0.2) is 0 Å². The van der Waals surface area contributed by atoms with E-state index < -0.39 is 6.04 Å². The van der Waals surface area contributed by atoms with Crippen LogP contribution in [0.1, 0.15) is 44.7 Å². The summed E-state index contributed by atoms with van der Waals surface area (Å²) in [4.78, 5) is 39.4. The van der Waals surface area contributed by atoms with Crippen molar-refractivity contribution >= 4 is 17.7 Å². The molecule has 4 rings (SSSR count). The zero-order valence-corrected chi connectivity index (χ0v) is 17.6. The third-order valence-electron chi connectivity index (χ3n) is 6.14. The van der Waals surface area contributed by atoms with E-state index in [-0.39, 0.29) is 42.2 Å². The lowest BCUT2D eigenvalue weighted by atomic mass is 9.85. The Hall–Kier alpha value is -2.83. The molecule has 0 radical (unpaired) electrons. The van der Waals surface area contributed by atoms with Gasteiger partial charge in [0.2, 0.25) is 17.7 Å². The highest BCUT2D eigenvalue weighted by Crippen LogP contribution is 2.37. The van der Waals surface area contributed by atoms with Gasteiger partial charge >= 0.3 is 0 Å². The summed E-state index contributed by atoms with van der Waals surface area (Å²) in [5.41, 5.74) is 1.90. The Morgan fingerprint density at radius 2 is 1.90 bits per heavy atom. The topological polar surface area (TPSA) is 84.9 Å². The maximum Gasteiger partial charge on any atom is 0.243 e. The van der Waals surface area contributed by atoms with Crippen molar-refractivity contribution in [2.45, 2.75) is 58.7 Å². The van der Waals surface area contributed by atoms with Gasteiger partial charge in [-0.1, -0.05) is 12.2 Å². The Bertz CT molecular complexity index is 883. The standard InChI is InChI=1S/C23H28N2O5/c1-4-29-19-10-15-9-13(2)30-20(15)11-16(19)12-24-21(26)14(3)25-22(27)17-7-5-6-8-18(17)23(25)28/h5-6,10-11,13-14,17-18H,4,7-9,12H2,1-3H3,(H,24,26)/t13?,14-,17?,18?/m0/s1. The number of ether oxygens (including phenoxy) is 2. The van der Waals surface area contributed by atoms with Crippen molar-refractivity contribution in [3.8, 4) is 11.5 Å². The number of hydrogen-bond donors (Lipinski definition) is 1. The second-order valence-corrected chi connectivity index (χ2v) is 8.23. The summed E-state index contributed by atoms with van der Waals surface area (Å²) in [7, 11) is 0. The van der Waals surface area contributed by atoms with Crippen molar-refractivity contribution in [2.75, 3.05) is 6.61 Å². The minimum atomic E-state index is -0.850. The first kappa shape index (κ1) is 20.4. The number of amides is 3. The average Bonchev–Trinajstić information content (AvgIpc) is 3.21. The normalized spacial score (nSPS) is 25.6. The van der Waals surface area contributed by atoms with Crippen LogP contribution in [0.2, 0.25) is 0 Å². The monoisotopic (exact) mass is 412 g/mol. The molecule has 0 aromatic heterocycles. The van der Waals surface area contributed by atoms with Gasteiger partial charge < -0.3 is 14.8 Å². The maximum atomic E-state index is 12.8. The fourth-order valence-electron chi connectivity index (χ4n) is 4.56. The van der Waals surface area contributed by atoms with E-state index in [9.17, 15) is 14.4 Å². The Morgan fingerprint density at radius 3 is 2.53 bits per heavy atom. The Labute approximate surface area is 176 Å². The van der Waals surface area contributed by atoms with Gasteiger partial charge in [0, 0.05) is 24.1 Å². The maximum absolute atomic E-state index is 12.8. The number of fused-ring (bicyclic) bond motifs is 2. The van der Waals surface area contributed by atoms with Crippen LogP contribution < -0.4 is 14.8 Å². The van der Waals surface area contributed by atoms with Crippen LogP contribution in [0.25, 0.3) is 0 Å². The SMILES string of the molecule is CCOc1cc2c(cc1CNC(=O)[C@H](C)N1C(=O)C3CC=CCC3C1=O)OC(C)C2. The molecule has 0 bridgehead atoms. The number of likely N-dealkylation sites (tertiary alicyclic amines) is 1. The van der Waals surface area contributed by atoms with E-state index in [1.807, 2.05) is 38.1 Å². The van der Waals surface area contributed by atoms with Crippen molar-refractivity contribution in [1.82, 2.24) is 10.2 Å². The van der Waals surface area contributed by atoms with E-state index in [0.29, 0.717) is 25.2 Å². The largest absolute Gasteiger partial charge is 0.494 e. The molecule has 4 atom stereocenters. The summed E-state index contributed by atoms with van der Waals surface area (Å²) >= 11 is 0. The van der Waals surface area contributed by atoms with Crippen molar-refractivity contribution < 1.29 is 23.9 Å². The second kappa shape index (κ2) is 8.13. The summed E-state index contributed by atoms with van der Waals surface area (Å²) in [6.45, 7) is 6.28. The third-order valence-corrected chi connectivity index (χ3v) is 6.14. The first-order valence-corrected chi connectivity index (χ1v) is 10.7. The number of allylic oxidation sites excluding steroid dienone is 2. The van der Waals surface area contributed by atoms with Gasteiger partial charge in [0.1, 0.15) is 23.6 Å². The van der Waals surface area contributed by atoms with Crippen LogP contribution in [0.15, 0.2) is 24.3 Å². The zero-order chi connectivity index (χ0) is 21.4. The van der Waals surface area contributed by atoms with E-state index >= 15 is 0 Å². The molecule has 1 fully saturated rings. The molecular formula is C23H28N2O5. The van der Waals surface area contributed by atoms with Crippen LogP contribution in [0.4, 0.5) is 0 Å². The number of hydrogen-bond acceptors (Lipinski definition) is 5. The number of nitrogens with zero attached hydrogens (tertiary/aromatic N) is 1. The lowest BCUT2D eigenvalue weighted by Crippen LogP contribution is -2.48. The molecule has 160 valence electrons. The van der Waals surface area contributed by atoms with Crippen molar-refractivity contribution in [1.29, 1.82) is 0 Å². The number of benzene rings is 1. The first-order chi connectivity index (χ1) is 14.4. The summed E-state index contributed by atoms with van der Waals surface area (Å²) < 4.78 is 11.6. The molecule has 1 aromatic carbocycles. The third kappa shape index (κ3) is 3.57.